The van der Waals surface area contributed by atoms with Crippen LogP contribution < -0.4 is 15.8 Å². The van der Waals surface area contributed by atoms with Crippen LogP contribution in [0.3, 0.4) is 0 Å². The van der Waals surface area contributed by atoms with Gasteiger partial charge in [-0.2, -0.15) is 4.31 Å². The number of hydrogen-bond donors (Lipinski definition) is 2. The molecule has 1 fully saturated rings. The molecule has 1 saturated heterocycles. The number of rotatable bonds is 8. The standard InChI is InChI=1S/C20H23N3O5S/c21-19(24)13-15-3-5-16(6-4-15)22-20(25)14-28-17-7-9-18(10-8-17)29(26,27)23-11-1-2-12-23/h3-10H,1-2,11-14H2,(H2,21,24)(H,22,25). The first-order valence-electron chi connectivity index (χ1n) is 9.25. The maximum absolute atomic E-state index is 12.5. The second kappa shape index (κ2) is 9.06. The van der Waals surface area contributed by atoms with Crippen molar-refractivity contribution < 1.29 is 22.7 Å². The molecule has 154 valence electrons. The van der Waals surface area contributed by atoms with Crippen molar-refractivity contribution in [2.45, 2.75) is 24.2 Å². The molecule has 0 atom stereocenters. The normalized spacial score (nSPS) is 14.5. The third-order valence-corrected chi connectivity index (χ3v) is 6.43. The number of carbonyl (C=O) groups excluding carboxylic acids is 2. The van der Waals surface area contributed by atoms with E-state index in [-0.39, 0.29) is 23.8 Å². The summed E-state index contributed by atoms with van der Waals surface area (Å²) in [7, 11) is -3.47. The Balaban J connectivity index is 1.52. The highest BCUT2D eigenvalue weighted by molar-refractivity contribution is 7.89. The largest absolute Gasteiger partial charge is 0.484 e. The second-order valence-electron chi connectivity index (χ2n) is 6.76. The first-order chi connectivity index (χ1) is 13.8. The van der Waals surface area contributed by atoms with Gasteiger partial charge < -0.3 is 15.8 Å². The minimum atomic E-state index is -3.47. The van der Waals surface area contributed by atoms with Gasteiger partial charge in [-0.25, -0.2) is 8.42 Å². The number of nitrogens with two attached hydrogens (primary N) is 1. The molecule has 0 aromatic heterocycles. The van der Waals surface area contributed by atoms with Crippen LogP contribution in [0, 0.1) is 0 Å². The number of amides is 2. The molecular weight excluding hydrogens is 394 g/mol. The fourth-order valence-corrected chi connectivity index (χ4v) is 4.56. The molecule has 0 spiro atoms. The zero-order valence-electron chi connectivity index (χ0n) is 15.8. The van der Waals surface area contributed by atoms with E-state index in [0.29, 0.717) is 24.5 Å². The van der Waals surface area contributed by atoms with Crippen LogP contribution in [-0.4, -0.2) is 44.2 Å². The number of hydrogen-bond acceptors (Lipinski definition) is 5. The summed E-state index contributed by atoms with van der Waals surface area (Å²) >= 11 is 0. The van der Waals surface area contributed by atoms with E-state index >= 15 is 0 Å². The third kappa shape index (κ3) is 5.55. The molecule has 3 rings (SSSR count). The number of nitrogens with one attached hydrogen (secondary N) is 1. The molecular formula is C20H23N3O5S. The third-order valence-electron chi connectivity index (χ3n) is 4.51. The SMILES string of the molecule is NC(=O)Cc1ccc(NC(=O)COc2ccc(S(=O)(=O)N3CCCC3)cc2)cc1. The molecule has 29 heavy (non-hydrogen) atoms. The fraction of sp³-hybridized carbons (Fsp3) is 0.300. The molecule has 0 saturated carbocycles. The lowest BCUT2D eigenvalue weighted by atomic mass is 10.1. The summed E-state index contributed by atoms with van der Waals surface area (Å²) in [6.07, 6.45) is 1.90. The number of carbonyl (C=O) groups is 2. The Morgan fingerprint density at radius 3 is 2.21 bits per heavy atom. The molecule has 0 unspecified atom stereocenters. The van der Waals surface area contributed by atoms with Crippen molar-refractivity contribution in [1.29, 1.82) is 0 Å². The van der Waals surface area contributed by atoms with Gasteiger partial charge in [0.15, 0.2) is 6.61 Å². The van der Waals surface area contributed by atoms with Crippen LogP contribution in [0.5, 0.6) is 5.75 Å². The van der Waals surface area contributed by atoms with Gasteiger partial charge in [-0.1, -0.05) is 12.1 Å². The molecule has 0 radical (unpaired) electrons. The Kier molecular flexibility index (Phi) is 6.50. The lowest BCUT2D eigenvalue weighted by Crippen LogP contribution is -2.27. The number of anilines is 1. The van der Waals surface area contributed by atoms with Crippen molar-refractivity contribution in [3.8, 4) is 5.75 Å². The average molecular weight is 417 g/mol. The topological polar surface area (TPSA) is 119 Å². The van der Waals surface area contributed by atoms with Gasteiger partial charge in [-0.05, 0) is 54.8 Å². The summed E-state index contributed by atoms with van der Waals surface area (Å²) in [6.45, 7) is 0.871. The number of benzene rings is 2. The zero-order valence-corrected chi connectivity index (χ0v) is 16.7. The molecule has 2 amide bonds. The van der Waals surface area contributed by atoms with Gasteiger partial charge in [0.05, 0.1) is 11.3 Å². The summed E-state index contributed by atoms with van der Waals surface area (Å²) in [4.78, 5) is 23.1. The van der Waals surface area contributed by atoms with E-state index in [4.69, 9.17) is 10.5 Å². The van der Waals surface area contributed by atoms with Gasteiger partial charge in [0, 0.05) is 18.8 Å². The van der Waals surface area contributed by atoms with Crippen LogP contribution in [0.15, 0.2) is 53.4 Å². The van der Waals surface area contributed by atoms with Crippen molar-refractivity contribution in [1.82, 2.24) is 4.31 Å². The molecule has 1 heterocycles. The van der Waals surface area contributed by atoms with E-state index in [1.54, 1.807) is 24.3 Å². The highest BCUT2D eigenvalue weighted by Crippen LogP contribution is 2.23. The van der Waals surface area contributed by atoms with Crippen molar-refractivity contribution in [2.75, 3.05) is 25.0 Å². The second-order valence-corrected chi connectivity index (χ2v) is 8.70. The highest BCUT2D eigenvalue weighted by Gasteiger charge is 2.26. The number of primary amides is 1. The lowest BCUT2D eigenvalue weighted by Gasteiger charge is -2.15. The molecule has 9 heteroatoms. The zero-order chi connectivity index (χ0) is 20.9. The Labute approximate surface area is 169 Å². The smallest absolute Gasteiger partial charge is 0.262 e. The van der Waals surface area contributed by atoms with Gasteiger partial charge in [0.2, 0.25) is 15.9 Å². The van der Waals surface area contributed by atoms with Crippen LogP contribution in [0.1, 0.15) is 18.4 Å². The van der Waals surface area contributed by atoms with Gasteiger partial charge in [0.25, 0.3) is 5.91 Å². The predicted octanol–water partition coefficient (Wildman–Crippen LogP) is 1.52. The predicted molar refractivity (Wildman–Crippen MR) is 108 cm³/mol. The summed E-state index contributed by atoms with van der Waals surface area (Å²) in [5.74, 6) is -0.381. The summed E-state index contributed by atoms with van der Waals surface area (Å²) in [5.41, 5.74) is 6.47. The average Bonchev–Trinajstić information content (AvgIpc) is 3.24. The summed E-state index contributed by atoms with van der Waals surface area (Å²) < 4.78 is 31.9. The van der Waals surface area contributed by atoms with Crippen LogP contribution in [0.25, 0.3) is 0 Å². The molecule has 8 nitrogen and oxygen atoms in total. The molecule has 3 N–H and O–H groups in total. The minimum Gasteiger partial charge on any atom is -0.484 e. The van der Waals surface area contributed by atoms with Crippen LogP contribution in [0.4, 0.5) is 5.69 Å². The molecule has 0 bridgehead atoms. The molecule has 0 aliphatic carbocycles. The van der Waals surface area contributed by atoms with E-state index in [2.05, 4.69) is 5.32 Å². The number of nitrogens with zero attached hydrogens (tertiary/aromatic N) is 1. The van der Waals surface area contributed by atoms with Crippen molar-refractivity contribution in [3.63, 3.8) is 0 Å². The van der Waals surface area contributed by atoms with Gasteiger partial charge in [0.1, 0.15) is 5.75 Å². The van der Waals surface area contributed by atoms with Gasteiger partial charge in [-0.3, -0.25) is 9.59 Å². The summed E-state index contributed by atoms with van der Waals surface area (Å²) in [5, 5.41) is 2.68. The minimum absolute atomic E-state index is 0.140. The van der Waals surface area contributed by atoms with Gasteiger partial charge in [-0.15, -0.1) is 0 Å². The highest BCUT2D eigenvalue weighted by atomic mass is 32.2. The van der Waals surface area contributed by atoms with Crippen molar-refractivity contribution >= 4 is 27.5 Å². The van der Waals surface area contributed by atoms with Crippen LogP contribution >= 0.6 is 0 Å². The Bertz CT molecular complexity index is 966. The monoisotopic (exact) mass is 417 g/mol. The molecule has 1 aliphatic heterocycles. The van der Waals surface area contributed by atoms with Crippen molar-refractivity contribution in [2.24, 2.45) is 5.73 Å². The lowest BCUT2D eigenvalue weighted by molar-refractivity contribution is -0.118. The maximum Gasteiger partial charge on any atom is 0.262 e. The first kappa shape index (κ1) is 20.8. The van der Waals surface area contributed by atoms with Gasteiger partial charge >= 0.3 is 0 Å². The number of ether oxygens (including phenoxy) is 1. The molecule has 1 aliphatic rings. The quantitative estimate of drug-likeness (QED) is 0.675. The molecule has 2 aromatic carbocycles. The van der Waals surface area contributed by atoms with E-state index in [1.807, 2.05) is 0 Å². The van der Waals surface area contributed by atoms with E-state index < -0.39 is 15.9 Å². The van der Waals surface area contributed by atoms with E-state index in [9.17, 15) is 18.0 Å². The maximum atomic E-state index is 12.5. The van der Waals surface area contributed by atoms with Crippen molar-refractivity contribution in [3.05, 3.63) is 54.1 Å². The summed E-state index contributed by atoms with van der Waals surface area (Å²) in [6, 6.07) is 12.8. The Hall–Kier alpha value is -2.91. The Morgan fingerprint density at radius 2 is 1.62 bits per heavy atom. The fourth-order valence-electron chi connectivity index (χ4n) is 3.04. The van der Waals surface area contributed by atoms with E-state index in [0.717, 1.165) is 18.4 Å². The molecule has 2 aromatic rings. The van der Waals surface area contributed by atoms with Crippen LogP contribution in [-0.2, 0) is 26.0 Å². The van der Waals surface area contributed by atoms with Crippen LogP contribution in [0.2, 0.25) is 0 Å². The first-order valence-corrected chi connectivity index (χ1v) is 10.7. The Morgan fingerprint density at radius 1 is 1.00 bits per heavy atom. The van der Waals surface area contributed by atoms with E-state index in [1.165, 1.54) is 28.6 Å². The number of sulfonamides is 1.